The minimum absolute atomic E-state index is 0.0700. The van der Waals surface area contributed by atoms with E-state index in [2.05, 4.69) is 5.43 Å². The molecule has 2 aromatic rings. The monoisotopic (exact) mass is 329 g/mol. The molecule has 0 aliphatic rings. The van der Waals surface area contributed by atoms with Gasteiger partial charge in [0, 0.05) is 22.0 Å². The van der Waals surface area contributed by atoms with Crippen LogP contribution < -0.4 is 5.43 Å². The molecule has 0 atom stereocenters. The molecule has 5 nitrogen and oxygen atoms in total. The van der Waals surface area contributed by atoms with E-state index in [1.807, 2.05) is 40.8 Å². The van der Waals surface area contributed by atoms with Crippen LogP contribution in [0.1, 0.15) is 0 Å². The summed E-state index contributed by atoms with van der Waals surface area (Å²) in [7, 11) is 0. The van der Waals surface area contributed by atoms with Crippen LogP contribution in [0.2, 0.25) is 0 Å². The number of anilines is 1. The van der Waals surface area contributed by atoms with Crippen LogP contribution in [-0.4, -0.2) is 9.60 Å². The fourth-order valence-corrected chi connectivity index (χ4v) is 1.77. The minimum atomic E-state index is -0.395. The van der Waals surface area contributed by atoms with Crippen molar-refractivity contribution in [3.63, 3.8) is 0 Å². The third-order valence-corrected chi connectivity index (χ3v) is 2.68. The van der Waals surface area contributed by atoms with Crippen molar-refractivity contribution in [3.05, 3.63) is 56.4 Å². The summed E-state index contributed by atoms with van der Waals surface area (Å²) in [5.74, 6) is 0. The zero-order valence-electron chi connectivity index (χ0n) is 8.13. The van der Waals surface area contributed by atoms with E-state index in [0.717, 1.165) is 3.57 Å². The average Bonchev–Trinajstić information content (AvgIpc) is 2.73. The summed E-state index contributed by atoms with van der Waals surface area (Å²) in [6.45, 7) is 0. The molecule has 0 radical (unpaired) electrons. The fourth-order valence-electron chi connectivity index (χ4n) is 1.30. The number of benzene rings is 1. The lowest BCUT2D eigenvalue weighted by Gasteiger charge is -2.07. The molecular weight excluding hydrogens is 321 g/mol. The quantitative estimate of drug-likeness (QED) is 0.535. The Kier molecular flexibility index (Phi) is 3.09. The van der Waals surface area contributed by atoms with Crippen molar-refractivity contribution in [2.75, 3.05) is 5.43 Å². The van der Waals surface area contributed by atoms with Crippen LogP contribution in [-0.2, 0) is 0 Å². The van der Waals surface area contributed by atoms with E-state index in [9.17, 15) is 10.1 Å². The van der Waals surface area contributed by atoms with E-state index < -0.39 is 4.92 Å². The lowest BCUT2D eigenvalue weighted by atomic mass is 10.3. The predicted octanol–water partition coefficient (Wildman–Crippen LogP) is 2.88. The molecular formula is C10H8IN3O2. The van der Waals surface area contributed by atoms with Gasteiger partial charge in [0.15, 0.2) is 0 Å². The van der Waals surface area contributed by atoms with E-state index in [-0.39, 0.29) is 5.69 Å². The van der Waals surface area contributed by atoms with Gasteiger partial charge >= 0.3 is 0 Å². The summed E-state index contributed by atoms with van der Waals surface area (Å²) in [4.78, 5) is 10.5. The molecule has 1 aromatic carbocycles. The number of nitro groups is 1. The standard InChI is InChI=1S/C10H8IN3O2/c11-8-3-4-9(10(7-8)14(15)16)12-13-5-1-2-6-13/h1-7,12H. The Balaban J connectivity index is 2.36. The van der Waals surface area contributed by atoms with Gasteiger partial charge < -0.3 is 0 Å². The van der Waals surface area contributed by atoms with E-state index in [0.29, 0.717) is 5.69 Å². The minimum Gasteiger partial charge on any atom is -0.288 e. The third-order valence-electron chi connectivity index (χ3n) is 2.01. The molecule has 0 amide bonds. The van der Waals surface area contributed by atoms with Gasteiger partial charge in [-0.3, -0.25) is 20.2 Å². The molecule has 0 saturated heterocycles. The molecule has 16 heavy (non-hydrogen) atoms. The van der Waals surface area contributed by atoms with E-state index in [4.69, 9.17) is 0 Å². The lowest BCUT2D eigenvalue weighted by Crippen LogP contribution is -2.07. The van der Waals surface area contributed by atoms with Crippen LogP contribution in [0.25, 0.3) is 0 Å². The molecule has 1 N–H and O–H groups in total. The van der Waals surface area contributed by atoms with Gasteiger partial charge in [-0.1, -0.05) is 0 Å². The lowest BCUT2D eigenvalue weighted by molar-refractivity contribution is -0.384. The fraction of sp³-hybridized carbons (Fsp3) is 0. The molecule has 0 aliphatic carbocycles. The van der Waals surface area contributed by atoms with Gasteiger partial charge in [-0.2, -0.15) is 0 Å². The molecule has 0 fully saturated rings. The number of nitrogens with zero attached hydrogens (tertiary/aromatic N) is 2. The SMILES string of the molecule is O=[N+]([O-])c1cc(I)ccc1Nn1cccc1. The molecule has 1 aromatic heterocycles. The van der Waals surface area contributed by atoms with Crippen LogP contribution >= 0.6 is 22.6 Å². The van der Waals surface area contributed by atoms with Crippen molar-refractivity contribution < 1.29 is 4.92 Å². The number of hydrogen-bond acceptors (Lipinski definition) is 3. The Labute approximate surface area is 105 Å². The second-order valence-electron chi connectivity index (χ2n) is 3.12. The Hall–Kier alpha value is -1.57. The van der Waals surface area contributed by atoms with Crippen molar-refractivity contribution in [1.29, 1.82) is 0 Å². The van der Waals surface area contributed by atoms with E-state index in [1.54, 1.807) is 23.1 Å². The summed E-state index contributed by atoms with van der Waals surface area (Å²) in [6, 6.07) is 8.72. The summed E-state index contributed by atoms with van der Waals surface area (Å²) < 4.78 is 2.50. The first-order chi connectivity index (χ1) is 7.66. The Morgan fingerprint density at radius 1 is 1.31 bits per heavy atom. The first-order valence-corrected chi connectivity index (χ1v) is 5.58. The van der Waals surface area contributed by atoms with Crippen molar-refractivity contribution in [2.24, 2.45) is 0 Å². The molecule has 82 valence electrons. The largest absolute Gasteiger partial charge is 0.295 e. The molecule has 1 heterocycles. The maximum Gasteiger partial charge on any atom is 0.295 e. The number of nitro benzene ring substituents is 1. The van der Waals surface area contributed by atoms with Crippen LogP contribution in [0, 0.1) is 13.7 Å². The maximum absolute atomic E-state index is 10.9. The summed E-state index contributed by atoms with van der Waals surface area (Å²) >= 11 is 2.05. The highest BCUT2D eigenvalue weighted by Gasteiger charge is 2.13. The zero-order valence-corrected chi connectivity index (χ0v) is 10.3. The zero-order chi connectivity index (χ0) is 11.5. The Morgan fingerprint density at radius 2 is 2.00 bits per heavy atom. The highest BCUT2D eigenvalue weighted by molar-refractivity contribution is 14.1. The number of nitrogens with one attached hydrogen (secondary N) is 1. The Bertz CT molecular complexity index is 511. The molecule has 2 rings (SSSR count). The topological polar surface area (TPSA) is 60.1 Å². The predicted molar refractivity (Wildman–Crippen MR) is 69.3 cm³/mol. The third kappa shape index (κ3) is 2.32. The molecule has 0 saturated carbocycles. The van der Waals surface area contributed by atoms with Gasteiger partial charge in [-0.25, -0.2) is 0 Å². The summed E-state index contributed by atoms with van der Waals surface area (Å²) in [5, 5.41) is 10.9. The Morgan fingerprint density at radius 3 is 2.62 bits per heavy atom. The molecule has 0 bridgehead atoms. The van der Waals surface area contributed by atoms with Crippen LogP contribution in [0.15, 0.2) is 42.7 Å². The smallest absolute Gasteiger partial charge is 0.288 e. The number of aromatic nitrogens is 1. The second-order valence-corrected chi connectivity index (χ2v) is 4.37. The molecule has 0 unspecified atom stereocenters. The normalized spacial score (nSPS) is 10.1. The van der Waals surface area contributed by atoms with Gasteiger partial charge in [-0.15, -0.1) is 0 Å². The second kappa shape index (κ2) is 4.52. The van der Waals surface area contributed by atoms with E-state index >= 15 is 0 Å². The van der Waals surface area contributed by atoms with Gasteiger partial charge in [0.1, 0.15) is 5.69 Å². The number of halogens is 1. The van der Waals surface area contributed by atoms with Gasteiger partial charge in [-0.05, 0) is 46.9 Å². The van der Waals surface area contributed by atoms with E-state index in [1.165, 1.54) is 6.07 Å². The summed E-state index contributed by atoms with van der Waals surface area (Å²) in [6.07, 6.45) is 3.56. The van der Waals surface area contributed by atoms with Gasteiger partial charge in [0.05, 0.1) is 4.92 Å². The highest BCUT2D eigenvalue weighted by Crippen LogP contribution is 2.26. The molecule has 0 aliphatic heterocycles. The molecule has 6 heteroatoms. The number of hydrogen-bond donors (Lipinski definition) is 1. The van der Waals surface area contributed by atoms with Gasteiger partial charge in [0.2, 0.25) is 0 Å². The first kappa shape index (κ1) is 10.9. The average molecular weight is 329 g/mol. The van der Waals surface area contributed by atoms with Crippen LogP contribution in [0.5, 0.6) is 0 Å². The van der Waals surface area contributed by atoms with Crippen LogP contribution in [0.4, 0.5) is 11.4 Å². The maximum atomic E-state index is 10.9. The first-order valence-electron chi connectivity index (χ1n) is 4.51. The van der Waals surface area contributed by atoms with Crippen molar-refractivity contribution >= 4 is 34.0 Å². The van der Waals surface area contributed by atoms with Crippen molar-refractivity contribution in [3.8, 4) is 0 Å². The summed E-state index contributed by atoms with van der Waals surface area (Å²) in [5.41, 5.74) is 3.48. The van der Waals surface area contributed by atoms with Crippen LogP contribution in [0.3, 0.4) is 0 Å². The highest BCUT2D eigenvalue weighted by atomic mass is 127. The van der Waals surface area contributed by atoms with Crippen molar-refractivity contribution in [2.45, 2.75) is 0 Å². The van der Waals surface area contributed by atoms with Gasteiger partial charge in [0.25, 0.3) is 5.69 Å². The van der Waals surface area contributed by atoms with Crippen molar-refractivity contribution in [1.82, 2.24) is 4.68 Å². The number of rotatable bonds is 3. The molecule has 0 spiro atoms.